The lowest BCUT2D eigenvalue weighted by Crippen LogP contribution is -2.15. The summed E-state index contributed by atoms with van der Waals surface area (Å²) in [6.45, 7) is 1.96. The van der Waals surface area contributed by atoms with E-state index in [-0.39, 0.29) is 12.3 Å². The van der Waals surface area contributed by atoms with Gasteiger partial charge in [-0.15, -0.1) is 11.3 Å². The molecular formula is C14H15N3O3S. The van der Waals surface area contributed by atoms with Gasteiger partial charge in [0.1, 0.15) is 0 Å². The monoisotopic (exact) mass is 305 g/mol. The Morgan fingerprint density at radius 2 is 2.14 bits per heavy atom. The highest BCUT2D eigenvalue weighted by Crippen LogP contribution is 2.17. The lowest BCUT2D eigenvalue weighted by Gasteiger charge is -2.04. The number of hydrogen-bond donors (Lipinski definition) is 2. The van der Waals surface area contributed by atoms with Crippen LogP contribution in [0, 0.1) is 6.92 Å². The summed E-state index contributed by atoms with van der Waals surface area (Å²) in [6.07, 6.45) is -0.437. The summed E-state index contributed by atoms with van der Waals surface area (Å²) in [5.74, 6) is -0.157. The van der Waals surface area contributed by atoms with Crippen LogP contribution in [0.15, 0.2) is 29.6 Å². The van der Waals surface area contributed by atoms with Crippen LogP contribution in [0.1, 0.15) is 11.3 Å². The van der Waals surface area contributed by atoms with Crippen molar-refractivity contribution in [2.24, 2.45) is 0 Å². The van der Waals surface area contributed by atoms with Crippen LogP contribution >= 0.6 is 11.3 Å². The number of carbonyl (C=O) groups is 2. The topological polar surface area (TPSA) is 80.3 Å². The average Bonchev–Trinajstić information content (AvgIpc) is 2.85. The largest absolute Gasteiger partial charge is 0.453 e. The Hall–Kier alpha value is -2.41. The number of ether oxygens (including phenoxy) is 1. The first-order valence-corrected chi connectivity index (χ1v) is 7.10. The quantitative estimate of drug-likeness (QED) is 0.910. The number of anilines is 2. The predicted molar refractivity (Wildman–Crippen MR) is 81.7 cm³/mol. The van der Waals surface area contributed by atoms with Crippen LogP contribution in [0.3, 0.4) is 0 Å². The molecule has 0 saturated carbocycles. The lowest BCUT2D eigenvalue weighted by molar-refractivity contribution is -0.115. The molecule has 6 nitrogen and oxygen atoms in total. The number of amides is 2. The molecule has 1 heterocycles. The van der Waals surface area contributed by atoms with Crippen molar-refractivity contribution in [3.63, 3.8) is 0 Å². The molecule has 110 valence electrons. The van der Waals surface area contributed by atoms with Gasteiger partial charge < -0.3 is 10.1 Å². The van der Waals surface area contributed by atoms with E-state index < -0.39 is 6.09 Å². The number of methoxy groups -OCH3 is 1. The second kappa shape index (κ2) is 6.85. The molecule has 21 heavy (non-hydrogen) atoms. The summed E-state index contributed by atoms with van der Waals surface area (Å²) in [5, 5.41) is 7.39. The zero-order chi connectivity index (χ0) is 15.2. The van der Waals surface area contributed by atoms with Crippen molar-refractivity contribution in [2.45, 2.75) is 13.3 Å². The van der Waals surface area contributed by atoms with E-state index in [4.69, 9.17) is 0 Å². The van der Waals surface area contributed by atoms with E-state index in [0.29, 0.717) is 10.8 Å². The Labute approximate surface area is 126 Å². The molecule has 1 aromatic carbocycles. The van der Waals surface area contributed by atoms with Crippen molar-refractivity contribution < 1.29 is 14.3 Å². The first kappa shape index (κ1) is 15.0. The number of rotatable bonds is 4. The van der Waals surface area contributed by atoms with E-state index in [1.165, 1.54) is 18.4 Å². The molecule has 0 bridgehead atoms. The molecule has 0 aliphatic rings. The highest BCUT2D eigenvalue weighted by Gasteiger charge is 2.10. The van der Waals surface area contributed by atoms with Gasteiger partial charge in [-0.05, 0) is 24.6 Å². The van der Waals surface area contributed by atoms with Crippen LogP contribution in [0.25, 0.3) is 0 Å². The third kappa shape index (κ3) is 4.57. The maximum absolute atomic E-state index is 11.9. The van der Waals surface area contributed by atoms with Crippen molar-refractivity contribution in [2.75, 3.05) is 17.7 Å². The van der Waals surface area contributed by atoms with Gasteiger partial charge in [0.25, 0.3) is 0 Å². The van der Waals surface area contributed by atoms with Crippen molar-refractivity contribution in [1.29, 1.82) is 0 Å². The van der Waals surface area contributed by atoms with Crippen LogP contribution in [0.2, 0.25) is 0 Å². The van der Waals surface area contributed by atoms with Crippen molar-refractivity contribution >= 4 is 34.2 Å². The molecule has 0 radical (unpaired) electrons. The fourth-order valence-corrected chi connectivity index (χ4v) is 2.37. The molecule has 0 saturated heterocycles. The molecule has 0 unspecified atom stereocenters. The van der Waals surface area contributed by atoms with E-state index in [9.17, 15) is 9.59 Å². The van der Waals surface area contributed by atoms with Crippen molar-refractivity contribution in [1.82, 2.24) is 4.98 Å². The number of aryl methyl sites for hydroxylation is 1. The van der Waals surface area contributed by atoms with Gasteiger partial charge in [-0.1, -0.05) is 12.1 Å². The van der Waals surface area contributed by atoms with E-state index in [2.05, 4.69) is 20.4 Å². The van der Waals surface area contributed by atoms with Gasteiger partial charge in [-0.2, -0.15) is 0 Å². The van der Waals surface area contributed by atoms with E-state index >= 15 is 0 Å². The van der Waals surface area contributed by atoms with E-state index in [0.717, 1.165) is 11.3 Å². The number of carbonyl (C=O) groups excluding carboxylic acids is 2. The summed E-state index contributed by atoms with van der Waals surface area (Å²) in [4.78, 5) is 27.1. The van der Waals surface area contributed by atoms with Crippen LogP contribution in [0.4, 0.5) is 15.6 Å². The Bertz CT molecular complexity index is 654. The summed E-state index contributed by atoms with van der Waals surface area (Å²) >= 11 is 1.24. The molecule has 2 rings (SSSR count). The van der Waals surface area contributed by atoms with Gasteiger partial charge in [0.05, 0.1) is 19.2 Å². The number of benzene rings is 1. The predicted octanol–water partition coefficient (Wildman–Crippen LogP) is 2.81. The number of nitrogens with zero attached hydrogens (tertiary/aromatic N) is 1. The Morgan fingerprint density at radius 3 is 2.86 bits per heavy atom. The number of nitrogens with one attached hydrogen (secondary N) is 2. The van der Waals surface area contributed by atoms with Gasteiger partial charge in [-0.25, -0.2) is 9.78 Å². The molecular weight excluding hydrogens is 290 g/mol. The standard InChI is InChI=1S/C14H15N3O3S/c1-9-4-3-5-10(6-9)15-12(18)7-11-8-21-13(16-11)17-14(19)20-2/h3-6,8H,7H2,1-2H3,(H,15,18)(H,16,17,19). The third-order valence-corrected chi connectivity index (χ3v) is 3.40. The Balaban J connectivity index is 1.92. The molecule has 1 aromatic heterocycles. The van der Waals surface area contributed by atoms with Crippen molar-refractivity contribution in [3.8, 4) is 0 Å². The summed E-state index contributed by atoms with van der Waals surface area (Å²) in [7, 11) is 1.28. The van der Waals surface area contributed by atoms with E-state index in [1.54, 1.807) is 5.38 Å². The van der Waals surface area contributed by atoms with Crippen LogP contribution in [-0.4, -0.2) is 24.1 Å². The minimum atomic E-state index is -0.583. The molecule has 0 atom stereocenters. The van der Waals surface area contributed by atoms with E-state index in [1.807, 2.05) is 31.2 Å². The fraction of sp³-hybridized carbons (Fsp3) is 0.214. The minimum Gasteiger partial charge on any atom is -0.453 e. The Morgan fingerprint density at radius 1 is 1.33 bits per heavy atom. The summed E-state index contributed by atoms with van der Waals surface area (Å²) in [5.41, 5.74) is 2.42. The average molecular weight is 305 g/mol. The fourth-order valence-electron chi connectivity index (χ4n) is 1.68. The third-order valence-electron chi connectivity index (χ3n) is 2.59. The smallest absolute Gasteiger partial charge is 0.413 e. The minimum absolute atomic E-state index is 0.146. The molecule has 0 aliphatic carbocycles. The van der Waals surface area contributed by atoms with Crippen LogP contribution in [-0.2, 0) is 16.0 Å². The summed E-state index contributed by atoms with van der Waals surface area (Å²) < 4.78 is 4.47. The second-order valence-corrected chi connectivity index (χ2v) is 5.21. The van der Waals surface area contributed by atoms with Gasteiger partial charge in [0.2, 0.25) is 5.91 Å². The molecule has 0 fully saturated rings. The second-order valence-electron chi connectivity index (χ2n) is 4.36. The SMILES string of the molecule is COC(=O)Nc1nc(CC(=O)Nc2cccc(C)c2)cs1. The first-order valence-electron chi connectivity index (χ1n) is 6.22. The molecule has 0 spiro atoms. The molecule has 2 aromatic rings. The van der Waals surface area contributed by atoms with Gasteiger partial charge in [0.15, 0.2) is 5.13 Å². The van der Waals surface area contributed by atoms with Crippen LogP contribution in [0.5, 0.6) is 0 Å². The first-order chi connectivity index (χ1) is 10.1. The summed E-state index contributed by atoms with van der Waals surface area (Å²) in [6, 6.07) is 7.56. The van der Waals surface area contributed by atoms with Gasteiger partial charge in [0, 0.05) is 11.1 Å². The van der Waals surface area contributed by atoms with Gasteiger partial charge >= 0.3 is 6.09 Å². The normalized spacial score (nSPS) is 10.0. The Kier molecular flexibility index (Phi) is 4.89. The maximum atomic E-state index is 11.9. The number of hydrogen-bond acceptors (Lipinski definition) is 5. The zero-order valence-corrected chi connectivity index (χ0v) is 12.5. The lowest BCUT2D eigenvalue weighted by atomic mass is 10.2. The highest BCUT2D eigenvalue weighted by molar-refractivity contribution is 7.13. The number of aromatic nitrogens is 1. The van der Waals surface area contributed by atoms with Crippen LogP contribution < -0.4 is 10.6 Å². The molecule has 2 N–H and O–H groups in total. The number of thiazole rings is 1. The highest BCUT2D eigenvalue weighted by atomic mass is 32.1. The molecule has 0 aliphatic heterocycles. The molecule has 7 heteroatoms. The zero-order valence-electron chi connectivity index (χ0n) is 11.7. The molecule has 2 amide bonds. The maximum Gasteiger partial charge on any atom is 0.413 e. The van der Waals surface area contributed by atoms with Gasteiger partial charge in [-0.3, -0.25) is 10.1 Å². The van der Waals surface area contributed by atoms with Crippen molar-refractivity contribution in [3.05, 3.63) is 40.9 Å².